The summed E-state index contributed by atoms with van der Waals surface area (Å²) in [5.74, 6) is -0.345. The van der Waals surface area contributed by atoms with E-state index in [-0.39, 0.29) is 29.1 Å². The summed E-state index contributed by atoms with van der Waals surface area (Å²) in [4.78, 5) is 45.1. The van der Waals surface area contributed by atoms with Crippen molar-refractivity contribution in [3.05, 3.63) is 36.0 Å². The maximum Gasteiger partial charge on any atom is 0.245 e. The van der Waals surface area contributed by atoms with E-state index in [1.165, 1.54) is 6.92 Å². The molecule has 186 valence electrons. The van der Waals surface area contributed by atoms with E-state index in [1.807, 2.05) is 44.6 Å². The number of aromatic amines is 1. The van der Waals surface area contributed by atoms with Gasteiger partial charge in [-0.3, -0.25) is 14.4 Å². The second-order valence-electron chi connectivity index (χ2n) is 10.5. The van der Waals surface area contributed by atoms with Crippen LogP contribution in [0.1, 0.15) is 39.2 Å². The van der Waals surface area contributed by atoms with E-state index in [9.17, 15) is 14.4 Å². The number of para-hydroxylation sites is 1. The number of likely N-dealkylation sites (tertiary alicyclic amines) is 1. The van der Waals surface area contributed by atoms with Crippen molar-refractivity contribution in [2.45, 2.75) is 46.1 Å². The third-order valence-electron chi connectivity index (χ3n) is 6.44. The number of amides is 3. The first kappa shape index (κ1) is 25.7. The van der Waals surface area contributed by atoms with Crippen molar-refractivity contribution in [3.8, 4) is 0 Å². The number of carbonyl (C=O) groups excluding carboxylic acids is 3. The van der Waals surface area contributed by atoms with Gasteiger partial charge in [-0.05, 0) is 44.0 Å². The first-order chi connectivity index (χ1) is 16.1. The van der Waals surface area contributed by atoms with Gasteiger partial charge in [-0.25, -0.2) is 0 Å². The van der Waals surface area contributed by atoms with E-state index in [4.69, 9.17) is 0 Å². The Bertz CT molecular complexity index is 1000. The van der Waals surface area contributed by atoms with Crippen molar-refractivity contribution >= 4 is 28.6 Å². The Kier molecular flexibility index (Phi) is 8.36. The van der Waals surface area contributed by atoms with Crippen LogP contribution < -0.4 is 10.6 Å². The smallest absolute Gasteiger partial charge is 0.245 e. The fourth-order valence-electron chi connectivity index (χ4n) is 4.93. The third-order valence-corrected chi connectivity index (χ3v) is 6.44. The van der Waals surface area contributed by atoms with Crippen LogP contribution in [-0.4, -0.2) is 78.8 Å². The van der Waals surface area contributed by atoms with Gasteiger partial charge >= 0.3 is 0 Å². The van der Waals surface area contributed by atoms with Crippen molar-refractivity contribution in [2.75, 3.05) is 40.3 Å². The SMILES string of the molecule is CC(=O)NC(Cc1c[nH]c2ccccc12)C(=O)N1CCC(C(=O)NCC(C)(C)CN(C)C)CC1. The van der Waals surface area contributed by atoms with Crippen LogP contribution in [0.4, 0.5) is 0 Å². The topological polar surface area (TPSA) is 97.5 Å². The number of nitrogens with one attached hydrogen (secondary N) is 3. The molecule has 0 radical (unpaired) electrons. The number of rotatable bonds is 9. The van der Waals surface area contributed by atoms with Crippen LogP contribution in [-0.2, 0) is 20.8 Å². The average Bonchev–Trinajstić information content (AvgIpc) is 3.18. The maximum absolute atomic E-state index is 13.3. The molecule has 34 heavy (non-hydrogen) atoms. The standard InChI is InChI=1S/C26H39N5O3/c1-18(32)29-23(14-20-15-27-22-9-7-6-8-21(20)22)25(34)31-12-10-19(11-13-31)24(33)28-16-26(2,3)17-30(4)5/h6-9,15,19,23,27H,10-14,16-17H2,1-5H3,(H,28,33)(H,29,32). The molecular formula is C26H39N5O3. The Morgan fingerprint density at radius 1 is 1.18 bits per heavy atom. The summed E-state index contributed by atoms with van der Waals surface area (Å²) in [5.41, 5.74) is 1.99. The molecule has 3 rings (SSSR count). The van der Waals surface area contributed by atoms with Gasteiger partial charge in [0.2, 0.25) is 17.7 Å². The van der Waals surface area contributed by atoms with Crippen LogP contribution in [0.5, 0.6) is 0 Å². The number of H-pyrrole nitrogens is 1. The lowest BCUT2D eigenvalue weighted by atomic mass is 9.91. The lowest BCUT2D eigenvalue weighted by Crippen LogP contribution is -2.52. The van der Waals surface area contributed by atoms with E-state index in [0.717, 1.165) is 23.0 Å². The van der Waals surface area contributed by atoms with Gasteiger partial charge in [0.05, 0.1) is 0 Å². The third kappa shape index (κ3) is 6.82. The molecule has 0 saturated carbocycles. The normalized spacial score (nSPS) is 16.0. The van der Waals surface area contributed by atoms with E-state index in [2.05, 4.69) is 34.4 Å². The van der Waals surface area contributed by atoms with Gasteiger partial charge in [-0.2, -0.15) is 0 Å². The van der Waals surface area contributed by atoms with Crippen LogP contribution in [0.2, 0.25) is 0 Å². The Morgan fingerprint density at radius 3 is 2.50 bits per heavy atom. The second-order valence-corrected chi connectivity index (χ2v) is 10.5. The number of aromatic nitrogens is 1. The lowest BCUT2D eigenvalue weighted by molar-refractivity contribution is -0.139. The molecule has 1 atom stereocenters. The molecule has 3 N–H and O–H groups in total. The van der Waals surface area contributed by atoms with Gasteiger partial charge in [0, 0.05) is 62.5 Å². The van der Waals surface area contributed by atoms with Crippen LogP contribution in [0.15, 0.2) is 30.5 Å². The predicted octanol–water partition coefficient (Wildman–Crippen LogP) is 2.16. The van der Waals surface area contributed by atoms with Crippen molar-refractivity contribution in [3.63, 3.8) is 0 Å². The molecule has 8 nitrogen and oxygen atoms in total. The number of benzene rings is 1. The molecule has 3 amide bonds. The summed E-state index contributed by atoms with van der Waals surface area (Å²) in [7, 11) is 4.06. The molecule has 0 spiro atoms. The Balaban J connectivity index is 1.57. The number of piperidine rings is 1. The molecule has 8 heteroatoms. The van der Waals surface area contributed by atoms with Gasteiger partial charge in [-0.15, -0.1) is 0 Å². The number of hydrogen-bond acceptors (Lipinski definition) is 4. The highest BCUT2D eigenvalue weighted by atomic mass is 16.2. The summed E-state index contributed by atoms with van der Waals surface area (Å²) in [5, 5.41) is 7.00. The van der Waals surface area contributed by atoms with E-state index in [0.29, 0.717) is 38.9 Å². The summed E-state index contributed by atoms with van der Waals surface area (Å²) in [6.07, 6.45) is 3.59. The van der Waals surface area contributed by atoms with Gasteiger partial charge in [0.15, 0.2) is 0 Å². The Hall–Kier alpha value is -2.87. The van der Waals surface area contributed by atoms with Crippen LogP contribution in [0.25, 0.3) is 10.9 Å². The summed E-state index contributed by atoms with van der Waals surface area (Å²) in [6, 6.07) is 7.30. The predicted molar refractivity (Wildman–Crippen MR) is 134 cm³/mol. The summed E-state index contributed by atoms with van der Waals surface area (Å²) in [6.45, 7) is 8.27. The first-order valence-corrected chi connectivity index (χ1v) is 12.1. The highest BCUT2D eigenvalue weighted by Crippen LogP contribution is 2.22. The van der Waals surface area contributed by atoms with E-state index < -0.39 is 6.04 Å². The van der Waals surface area contributed by atoms with E-state index in [1.54, 1.807) is 4.90 Å². The van der Waals surface area contributed by atoms with Crippen molar-refractivity contribution in [1.82, 2.24) is 25.4 Å². The molecule has 0 bridgehead atoms. The van der Waals surface area contributed by atoms with Crippen LogP contribution in [0.3, 0.4) is 0 Å². The zero-order valence-corrected chi connectivity index (χ0v) is 21.1. The molecule has 1 saturated heterocycles. The fourth-order valence-corrected chi connectivity index (χ4v) is 4.93. The minimum absolute atomic E-state index is 0.0101. The average molecular weight is 470 g/mol. The minimum atomic E-state index is -0.631. The quantitative estimate of drug-likeness (QED) is 0.524. The van der Waals surface area contributed by atoms with E-state index >= 15 is 0 Å². The maximum atomic E-state index is 13.3. The van der Waals surface area contributed by atoms with Crippen molar-refractivity contribution in [2.24, 2.45) is 11.3 Å². The first-order valence-electron chi connectivity index (χ1n) is 12.1. The molecular weight excluding hydrogens is 430 g/mol. The second kappa shape index (κ2) is 11.0. The molecule has 1 aromatic heterocycles. The molecule has 1 aromatic carbocycles. The zero-order chi connectivity index (χ0) is 24.9. The highest BCUT2D eigenvalue weighted by Gasteiger charge is 2.32. The number of nitrogens with zero attached hydrogens (tertiary/aromatic N) is 2. The van der Waals surface area contributed by atoms with Gasteiger partial charge in [0.25, 0.3) is 0 Å². The fraction of sp³-hybridized carbons (Fsp3) is 0.577. The van der Waals surface area contributed by atoms with Gasteiger partial charge in [0.1, 0.15) is 6.04 Å². The number of carbonyl (C=O) groups is 3. The van der Waals surface area contributed by atoms with Crippen LogP contribution in [0, 0.1) is 11.3 Å². The largest absolute Gasteiger partial charge is 0.361 e. The van der Waals surface area contributed by atoms with Crippen LogP contribution >= 0.6 is 0 Å². The number of fused-ring (bicyclic) bond motifs is 1. The molecule has 2 heterocycles. The molecule has 0 aliphatic carbocycles. The van der Waals surface area contributed by atoms with Crippen molar-refractivity contribution < 1.29 is 14.4 Å². The Morgan fingerprint density at radius 2 is 1.85 bits per heavy atom. The monoisotopic (exact) mass is 469 g/mol. The molecule has 1 aliphatic rings. The van der Waals surface area contributed by atoms with Crippen molar-refractivity contribution in [1.29, 1.82) is 0 Å². The number of hydrogen-bond donors (Lipinski definition) is 3. The minimum Gasteiger partial charge on any atom is -0.361 e. The highest BCUT2D eigenvalue weighted by molar-refractivity contribution is 5.89. The summed E-state index contributed by atoms with van der Waals surface area (Å²) >= 11 is 0. The molecule has 2 aromatic rings. The summed E-state index contributed by atoms with van der Waals surface area (Å²) < 4.78 is 0. The zero-order valence-electron chi connectivity index (χ0n) is 21.1. The molecule has 1 aliphatic heterocycles. The van der Waals surface area contributed by atoms with Gasteiger partial charge < -0.3 is 25.4 Å². The lowest BCUT2D eigenvalue weighted by Gasteiger charge is -2.34. The van der Waals surface area contributed by atoms with Gasteiger partial charge in [-0.1, -0.05) is 32.0 Å². The molecule has 1 fully saturated rings. The molecule has 1 unspecified atom stereocenters. The Labute approximate surface area is 202 Å².